The summed E-state index contributed by atoms with van der Waals surface area (Å²) in [5, 5.41) is 4.05. The summed E-state index contributed by atoms with van der Waals surface area (Å²) in [6.45, 7) is 6.80. The average Bonchev–Trinajstić information content (AvgIpc) is 2.52. The first kappa shape index (κ1) is 10.4. The first-order valence-electron chi connectivity index (χ1n) is 4.43. The zero-order valence-corrected chi connectivity index (χ0v) is 9.06. The van der Waals surface area contributed by atoms with E-state index in [1.807, 2.05) is 6.92 Å². The Morgan fingerprint density at radius 1 is 1.46 bits per heavy atom. The average molecular weight is 200 g/mol. The summed E-state index contributed by atoms with van der Waals surface area (Å²) in [5.74, 6) is 1.29. The highest BCUT2D eigenvalue weighted by atomic mass is 32.1. The van der Waals surface area contributed by atoms with Crippen LogP contribution in [-0.2, 0) is 0 Å². The lowest BCUT2D eigenvalue weighted by atomic mass is 10.2. The predicted octanol–water partition coefficient (Wildman–Crippen LogP) is 1.42. The van der Waals surface area contributed by atoms with Crippen LogP contribution >= 0.6 is 11.5 Å². The summed E-state index contributed by atoms with van der Waals surface area (Å²) in [5.41, 5.74) is 5.48. The van der Waals surface area contributed by atoms with Crippen LogP contribution in [0, 0.1) is 0 Å². The molecule has 0 spiro atoms. The van der Waals surface area contributed by atoms with Crippen molar-refractivity contribution < 1.29 is 0 Å². The number of hydrogen-bond acceptors (Lipinski definition) is 5. The van der Waals surface area contributed by atoms with Crippen molar-refractivity contribution in [1.82, 2.24) is 9.36 Å². The van der Waals surface area contributed by atoms with Crippen molar-refractivity contribution in [3.63, 3.8) is 0 Å². The van der Waals surface area contributed by atoms with Crippen molar-refractivity contribution in [3.05, 3.63) is 5.82 Å². The SMILES string of the molecule is CC(CN)Nc1nc(C(C)C)ns1. The molecular formula is C8H16N4S. The van der Waals surface area contributed by atoms with Gasteiger partial charge < -0.3 is 11.1 Å². The summed E-state index contributed by atoms with van der Waals surface area (Å²) in [6.07, 6.45) is 0. The molecule has 0 bridgehead atoms. The molecule has 0 amide bonds. The number of nitrogens with two attached hydrogens (primary N) is 1. The van der Waals surface area contributed by atoms with Crippen LogP contribution in [0.3, 0.4) is 0 Å². The maximum atomic E-state index is 5.48. The van der Waals surface area contributed by atoms with Crippen LogP contribution in [0.2, 0.25) is 0 Å². The highest BCUT2D eigenvalue weighted by molar-refractivity contribution is 7.09. The van der Waals surface area contributed by atoms with Gasteiger partial charge in [-0.15, -0.1) is 0 Å². The van der Waals surface area contributed by atoms with Crippen molar-refractivity contribution in [1.29, 1.82) is 0 Å². The lowest BCUT2D eigenvalue weighted by Gasteiger charge is -2.08. The van der Waals surface area contributed by atoms with Gasteiger partial charge in [-0.2, -0.15) is 4.37 Å². The Kier molecular flexibility index (Phi) is 3.62. The molecule has 0 saturated carbocycles. The number of aromatic nitrogens is 2. The molecule has 1 heterocycles. The molecule has 1 unspecified atom stereocenters. The molecule has 0 fully saturated rings. The fraction of sp³-hybridized carbons (Fsp3) is 0.750. The van der Waals surface area contributed by atoms with Gasteiger partial charge in [-0.3, -0.25) is 0 Å². The van der Waals surface area contributed by atoms with Crippen LogP contribution < -0.4 is 11.1 Å². The molecule has 0 saturated heterocycles. The van der Waals surface area contributed by atoms with E-state index in [-0.39, 0.29) is 6.04 Å². The summed E-state index contributed by atoms with van der Waals surface area (Å²) < 4.78 is 4.23. The molecule has 0 aliphatic rings. The fourth-order valence-electron chi connectivity index (χ4n) is 0.798. The Morgan fingerprint density at radius 3 is 2.62 bits per heavy atom. The first-order chi connectivity index (χ1) is 6.13. The van der Waals surface area contributed by atoms with Gasteiger partial charge in [-0.25, -0.2) is 4.98 Å². The summed E-state index contributed by atoms with van der Waals surface area (Å²) >= 11 is 1.39. The molecule has 0 aromatic carbocycles. The van der Waals surface area contributed by atoms with E-state index in [0.717, 1.165) is 11.0 Å². The normalized spacial score (nSPS) is 13.3. The van der Waals surface area contributed by atoms with Crippen LogP contribution in [0.5, 0.6) is 0 Å². The van der Waals surface area contributed by atoms with Gasteiger partial charge >= 0.3 is 0 Å². The van der Waals surface area contributed by atoms with Gasteiger partial charge in [0, 0.05) is 30.0 Å². The molecule has 1 aromatic rings. The molecule has 74 valence electrons. The van der Waals surface area contributed by atoms with Crippen molar-refractivity contribution in [2.75, 3.05) is 11.9 Å². The van der Waals surface area contributed by atoms with Gasteiger partial charge in [-0.1, -0.05) is 13.8 Å². The van der Waals surface area contributed by atoms with E-state index in [1.54, 1.807) is 0 Å². The minimum Gasteiger partial charge on any atom is -0.357 e. The standard InChI is InChI=1S/C8H16N4S/c1-5(2)7-11-8(13-12-7)10-6(3)4-9/h5-6H,4,9H2,1-3H3,(H,10,11,12). The molecule has 5 heteroatoms. The van der Waals surface area contributed by atoms with Gasteiger partial charge in [0.2, 0.25) is 5.13 Å². The maximum absolute atomic E-state index is 5.48. The van der Waals surface area contributed by atoms with Crippen molar-refractivity contribution >= 4 is 16.7 Å². The number of anilines is 1. The molecule has 0 aliphatic heterocycles. The molecule has 1 aromatic heterocycles. The third-order valence-electron chi connectivity index (χ3n) is 1.68. The van der Waals surface area contributed by atoms with Crippen LogP contribution in [0.4, 0.5) is 5.13 Å². The van der Waals surface area contributed by atoms with E-state index in [9.17, 15) is 0 Å². The zero-order valence-electron chi connectivity index (χ0n) is 8.24. The molecule has 1 atom stereocenters. The Balaban J connectivity index is 2.58. The van der Waals surface area contributed by atoms with Gasteiger partial charge in [0.1, 0.15) is 5.82 Å². The maximum Gasteiger partial charge on any atom is 0.202 e. The van der Waals surface area contributed by atoms with E-state index < -0.39 is 0 Å². The van der Waals surface area contributed by atoms with Crippen LogP contribution in [0.25, 0.3) is 0 Å². The smallest absolute Gasteiger partial charge is 0.202 e. The van der Waals surface area contributed by atoms with Gasteiger partial charge in [0.05, 0.1) is 0 Å². The Labute approximate surface area is 82.7 Å². The van der Waals surface area contributed by atoms with E-state index >= 15 is 0 Å². The van der Waals surface area contributed by atoms with Gasteiger partial charge in [0.25, 0.3) is 0 Å². The highest BCUT2D eigenvalue weighted by Gasteiger charge is 2.08. The van der Waals surface area contributed by atoms with Crippen molar-refractivity contribution in [3.8, 4) is 0 Å². The molecule has 4 nitrogen and oxygen atoms in total. The van der Waals surface area contributed by atoms with E-state index in [2.05, 4.69) is 28.5 Å². The van der Waals surface area contributed by atoms with Crippen LogP contribution in [-0.4, -0.2) is 21.9 Å². The fourth-order valence-corrected chi connectivity index (χ4v) is 1.62. The third-order valence-corrected chi connectivity index (χ3v) is 2.34. The molecule has 3 N–H and O–H groups in total. The second-order valence-electron chi connectivity index (χ2n) is 3.39. The largest absolute Gasteiger partial charge is 0.357 e. The van der Waals surface area contributed by atoms with E-state index in [4.69, 9.17) is 5.73 Å². The number of hydrogen-bond donors (Lipinski definition) is 2. The van der Waals surface area contributed by atoms with E-state index in [0.29, 0.717) is 12.5 Å². The second-order valence-corrected chi connectivity index (χ2v) is 4.15. The third kappa shape index (κ3) is 2.93. The molecular weight excluding hydrogens is 184 g/mol. The number of nitrogens with one attached hydrogen (secondary N) is 1. The van der Waals surface area contributed by atoms with Crippen LogP contribution in [0.1, 0.15) is 32.5 Å². The Bertz CT molecular complexity index is 258. The summed E-state index contributed by atoms with van der Waals surface area (Å²) in [6, 6.07) is 0.257. The number of rotatable bonds is 4. The van der Waals surface area contributed by atoms with Gasteiger partial charge in [-0.05, 0) is 6.92 Å². The topological polar surface area (TPSA) is 63.8 Å². The molecule has 0 radical (unpaired) electrons. The van der Waals surface area contributed by atoms with Crippen molar-refractivity contribution in [2.24, 2.45) is 5.73 Å². The first-order valence-corrected chi connectivity index (χ1v) is 5.21. The summed E-state index contributed by atoms with van der Waals surface area (Å²) in [7, 11) is 0. The van der Waals surface area contributed by atoms with Gasteiger partial charge in [0.15, 0.2) is 0 Å². The zero-order chi connectivity index (χ0) is 9.84. The second kappa shape index (κ2) is 4.53. The molecule has 13 heavy (non-hydrogen) atoms. The minimum atomic E-state index is 0.257. The lowest BCUT2D eigenvalue weighted by Crippen LogP contribution is -2.25. The number of nitrogens with zero attached hydrogens (tertiary/aromatic N) is 2. The monoisotopic (exact) mass is 200 g/mol. The highest BCUT2D eigenvalue weighted by Crippen LogP contribution is 2.17. The molecule has 1 rings (SSSR count). The van der Waals surface area contributed by atoms with Crippen LogP contribution in [0.15, 0.2) is 0 Å². The Morgan fingerprint density at radius 2 is 2.15 bits per heavy atom. The quantitative estimate of drug-likeness (QED) is 0.771. The van der Waals surface area contributed by atoms with E-state index in [1.165, 1.54) is 11.5 Å². The molecule has 0 aliphatic carbocycles. The lowest BCUT2D eigenvalue weighted by molar-refractivity contribution is 0.782. The van der Waals surface area contributed by atoms with Crippen molar-refractivity contribution in [2.45, 2.75) is 32.7 Å². The summed E-state index contributed by atoms with van der Waals surface area (Å²) in [4.78, 5) is 4.34. The minimum absolute atomic E-state index is 0.257. The Hall–Kier alpha value is -0.680. The predicted molar refractivity (Wildman–Crippen MR) is 56.1 cm³/mol.